The van der Waals surface area contributed by atoms with E-state index in [-0.39, 0.29) is 5.91 Å². The number of amides is 1. The zero-order chi connectivity index (χ0) is 12.8. The van der Waals surface area contributed by atoms with Gasteiger partial charge in [0.25, 0.3) is 0 Å². The summed E-state index contributed by atoms with van der Waals surface area (Å²) in [5, 5.41) is 0. The largest absolute Gasteiger partial charge is 0.381 e. The van der Waals surface area contributed by atoms with Gasteiger partial charge in [-0.05, 0) is 24.3 Å². The van der Waals surface area contributed by atoms with E-state index in [9.17, 15) is 4.79 Å². The first-order valence-electron chi connectivity index (χ1n) is 6.61. The molecule has 98 valence electrons. The van der Waals surface area contributed by atoms with Crippen molar-refractivity contribution in [3.8, 4) is 0 Å². The Kier molecular flexibility index (Phi) is 4.76. The molecule has 2 rings (SSSR count). The lowest BCUT2D eigenvalue weighted by molar-refractivity contribution is -0.132. The van der Waals surface area contributed by atoms with Crippen molar-refractivity contribution in [1.29, 1.82) is 0 Å². The summed E-state index contributed by atoms with van der Waals surface area (Å²) in [6.45, 7) is 2.28. The standard InChI is InChI=1S/C15H21NO2/c1-16(11-13-6-3-2-4-7-13)15(17)10-14-8-5-9-18-12-14/h2-4,6-7,14H,5,8-12H2,1H3. The second-order valence-corrected chi connectivity index (χ2v) is 5.02. The molecule has 0 aromatic heterocycles. The lowest BCUT2D eigenvalue weighted by Gasteiger charge is -2.24. The minimum absolute atomic E-state index is 0.217. The van der Waals surface area contributed by atoms with E-state index < -0.39 is 0 Å². The van der Waals surface area contributed by atoms with Crippen LogP contribution in [0, 0.1) is 5.92 Å². The lowest BCUT2D eigenvalue weighted by Crippen LogP contribution is -2.30. The predicted molar refractivity (Wildman–Crippen MR) is 71.1 cm³/mol. The number of benzene rings is 1. The fourth-order valence-corrected chi connectivity index (χ4v) is 2.32. The van der Waals surface area contributed by atoms with Crippen LogP contribution in [0.15, 0.2) is 30.3 Å². The summed E-state index contributed by atoms with van der Waals surface area (Å²) in [6, 6.07) is 10.1. The molecule has 1 fully saturated rings. The monoisotopic (exact) mass is 247 g/mol. The number of hydrogen-bond acceptors (Lipinski definition) is 2. The highest BCUT2D eigenvalue weighted by atomic mass is 16.5. The van der Waals surface area contributed by atoms with Gasteiger partial charge in [0.1, 0.15) is 0 Å². The van der Waals surface area contributed by atoms with Gasteiger partial charge in [-0.25, -0.2) is 0 Å². The van der Waals surface area contributed by atoms with Crippen molar-refractivity contribution >= 4 is 5.91 Å². The molecule has 1 aliphatic heterocycles. The van der Waals surface area contributed by atoms with Gasteiger partial charge in [-0.1, -0.05) is 30.3 Å². The fourth-order valence-electron chi connectivity index (χ4n) is 2.32. The summed E-state index contributed by atoms with van der Waals surface area (Å²) in [6.07, 6.45) is 2.81. The van der Waals surface area contributed by atoms with Crippen molar-refractivity contribution in [1.82, 2.24) is 4.90 Å². The van der Waals surface area contributed by atoms with Crippen LogP contribution < -0.4 is 0 Å². The Morgan fingerprint density at radius 2 is 2.17 bits per heavy atom. The van der Waals surface area contributed by atoms with E-state index in [1.807, 2.05) is 42.3 Å². The number of carbonyl (C=O) groups is 1. The van der Waals surface area contributed by atoms with Crippen LogP contribution in [0.25, 0.3) is 0 Å². The van der Waals surface area contributed by atoms with Gasteiger partial charge in [0.15, 0.2) is 0 Å². The summed E-state index contributed by atoms with van der Waals surface area (Å²) >= 11 is 0. The molecule has 18 heavy (non-hydrogen) atoms. The minimum Gasteiger partial charge on any atom is -0.381 e. The molecular weight excluding hydrogens is 226 g/mol. The van der Waals surface area contributed by atoms with Crippen LogP contribution >= 0.6 is 0 Å². The molecule has 1 amide bonds. The second-order valence-electron chi connectivity index (χ2n) is 5.02. The molecular formula is C15H21NO2. The molecule has 0 radical (unpaired) electrons. The third kappa shape index (κ3) is 3.84. The molecule has 0 aliphatic carbocycles. The number of ether oxygens (including phenoxy) is 1. The Balaban J connectivity index is 1.81. The van der Waals surface area contributed by atoms with Crippen molar-refractivity contribution < 1.29 is 9.53 Å². The zero-order valence-corrected chi connectivity index (χ0v) is 11.0. The smallest absolute Gasteiger partial charge is 0.222 e. The first kappa shape index (κ1) is 13.1. The van der Waals surface area contributed by atoms with Gasteiger partial charge < -0.3 is 9.64 Å². The van der Waals surface area contributed by atoms with Crippen molar-refractivity contribution in [2.75, 3.05) is 20.3 Å². The van der Waals surface area contributed by atoms with E-state index in [2.05, 4.69) is 0 Å². The third-order valence-corrected chi connectivity index (χ3v) is 3.41. The Morgan fingerprint density at radius 3 is 2.83 bits per heavy atom. The maximum atomic E-state index is 12.1. The summed E-state index contributed by atoms with van der Waals surface area (Å²) in [7, 11) is 1.87. The first-order valence-corrected chi connectivity index (χ1v) is 6.61. The molecule has 0 saturated carbocycles. The molecule has 1 atom stereocenters. The molecule has 0 spiro atoms. The van der Waals surface area contributed by atoms with Gasteiger partial charge in [0.2, 0.25) is 5.91 Å². The van der Waals surface area contributed by atoms with E-state index in [4.69, 9.17) is 4.74 Å². The quantitative estimate of drug-likeness (QED) is 0.818. The normalized spacial score (nSPS) is 19.5. The maximum Gasteiger partial charge on any atom is 0.222 e. The molecule has 1 saturated heterocycles. The first-order chi connectivity index (χ1) is 8.75. The number of hydrogen-bond donors (Lipinski definition) is 0. The summed E-state index contributed by atoms with van der Waals surface area (Å²) < 4.78 is 5.41. The fraction of sp³-hybridized carbons (Fsp3) is 0.533. The van der Waals surface area contributed by atoms with Crippen LogP contribution in [-0.2, 0) is 16.1 Å². The molecule has 3 heteroatoms. The van der Waals surface area contributed by atoms with Crippen LogP contribution in [0.5, 0.6) is 0 Å². The molecule has 0 bridgehead atoms. The second kappa shape index (κ2) is 6.55. The van der Waals surface area contributed by atoms with Crippen LogP contribution in [0.4, 0.5) is 0 Å². The molecule has 1 aromatic rings. The van der Waals surface area contributed by atoms with Gasteiger partial charge >= 0.3 is 0 Å². The van der Waals surface area contributed by atoms with Crippen molar-refractivity contribution in [2.24, 2.45) is 5.92 Å². The molecule has 0 N–H and O–H groups in total. The highest BCUT2D eigenvalue weighted by Crippen LogP contribution is 2.18. The van der Waals surface area contributed by atoms with Gasteiger partial charge in [-0.15, -0.1) is 0 Å². The average Bonchev–Trinajstić information content (AvgIpc) is 2.41. The number of rotatable bonds is 4. The zero-order valence-electron chi connectivity index (χ0n) is 11.0. The van der Waals surface area contributed by atoms with Gasteiger partial charge in [0, 0.05) is 33.2 Å². The number of carbonyl (C=O) groups excluding carboxylic acids is 1. The highest BCUT2D eigenvalue weighted by molar-refractivity contribution is 5.76. The predicted octanol–water partition coefficient (Wildman–Crippen LogP) is 2.46. The SMILES string of the molecule is CN(Cc1ccccc1)C(=O)CC1CCCOC1. The maximum absolute atomic E-state index is 12.1. The van der Waals surface area contributed by atoms with Gasteiger partial charge in [-0.3, -0.25) is 4.79 Å². The third-order valence-electron chi connectivity index (χ3n) is 3.41. The van der Waals surface area contributed by atoms with Crippen molar-refractivity contribution in [3.05, 3.63) is 35.9 Å². The van der Waals surface area contributed by atoms with E-state index in [1.54, 1.807) is 0 Å². The number of nitrogens with zero attached hydrogens (tertiary/aromatic N) is 1. The minimum atomic E-state index is 0.217. The highest BCUT2D eigenvalue weighted by Gasteiger charge is 2.19. The molecule has 3 nitrogen and oxygen atoms in total. The Morgan fingerprint density at radius 1 is 1.39 bits per heavy atom. The van der Waals surface area contributed by atoms with Crippen LogP contribution in [0.3, 0.4) is 0 Å². The van der Waals surface area contributed by atoms with E-state index >= 15 is 0 Å². The van der Waals surface area contributed by atoms with E-state index in [0.717, 1.165) is 26.1 Å². The summed E-state index contributed by atoms with van der Waals surface area (Å²) in [5.74, 6) is 0.624. The van der Waals surface area contributed by atoms with Crippen LogP contribution in [-0.4, -0.2) is 31.1 Å². The van der Waals surface area contributed by atoms with Crippen LogP contribution in [0.2, 0.25) is 0 Å². The van der Waals surface area contributed by atoms with Gasteiger partial charge in [-0.2, -0.15) is 0 Å². The Bertz CT molecular complexity index is 371. The molecule has 1 aromatic carbocycles. The topological polar surface area (TPSA) is 29.5 Å². The Labute approximate surface area is 109 Å². The molecule has 1 aliphatic rings. The van der Waals surface area contributed by atoms with Crippen molar-refractivity contribution in [2.45, 2.75) is 25.8 Å². The molecule has 1 unspecified atom stereocenters. The Hall–Kier alpha value is -1.35. The van der Waals surface area contributed by atoms with E-state index in [0.29, 0.717) is 18.9 Å². The summed E-state index contributed by atoms with van der Waals surface area (Å²) in [4.78, 5) is 13.9. The lowest BCUT2D eigenvalue weighted by atomic mass is 9.98. The van der Waals surface area contributed by atoms with Crippen LogP contribution in [0.1, 0.15) is 24.8 Å². The van der Waals surface area contributed by atoms with Gasteiger partial charge in [0.05, 0.1) is 0 Å². The van der Waals surface area contributed by atoms with Crippen molar-refractivity contribution in [3.63, 3.8) is 0 Å². The molecule has 1 heterocycles. The summed E-state index contributed by atoms with van der Waals surface area (Å²) in [5.41, 5.74) is 1.17. The average molecular weight is 247 g/mol. The van der Waals surface area contributed by atoms with E-state index in [1.165, 1.54) is 5.56 Å².